The van der Waals surface area contributed by atoms with Crippen molar-refractivity contribution in [2.75, 3.05) is 0 Å². The maximum Gasteiger partial charge on any atom is 0.326 e. The highest BCUT2D eigenvalue weighted by Gasteiger charge is 2.31. The molecule has 1 amide bonds. The molecule has 0 aliphatic rings. The molecule has 0 saturated heterocycles. The first-order chi connectivity index (χ1) is 14.0. The Morgan fingerprint density at radius 2 is 1.45 bits per heavy atom. The molecule has 4 nitrogen and oxygen atoms in total. The molecule has 3 aromatic carbocycles. The van der Waals surface area contributed by atoms with Gasteiger partial charge in [0.2, 0.25) is 0 Å². The van der Waals surface area contributed by atoms with Gasteiger partial charge in [0.15, 0.2) is 0 Å². The minimum atomic E-state index is -1.08. The van der Waals surface area contributed by atoms with Gasteiger partial charge in [-0.25, -0.2) is 4.79 Å². The Balaban J connectivity index is 2.00. The second-order valence-electron chi connectivity index (χ2n) is 6.59. The van der Waals surface area contributed by atoms with Crippen LogP contribution in [0, 0.1) is 0 Å². The summed E-state index contributed by atoms with van der Waals surface area (Å²) in [6, 6.07) is 22.0. The second-order valence-corrected chi connectivity index (χ2v) is 7.43. The Bertz CT molecular complexity index is 994. The molecule has 1 N–H and O–H groups in total. The average molecular weight is 428 g/mol. The molecule has 0 radical (unpaired) electrons. The van der Waals surface area contributed by atoms with E-state index >= 15 is 0 Å². The smallest absolute Gasteiger partial charge is 0.326 e. The van der Waals surface area contributed by atoms with Crippen LogP contribution in [-0.4, -0.2) is 27.9 Å². The van der Waals surface area contributed by atoms with Crippen LogP contribution in [0.15, 0.2) is 78.9 Å². The van der Waals surface area contributed by atoms with E-state index in [1.165, 1.54) is 17.0 Å². The van der Waals surface area contributed by atoms with Crippen LogP contribution in [0.2, 0.25) is 10.0 Å². The van der Waals surface area contributed by atoms with Crippen molar-refractivity contribution in [2.24, 2.45) is 0 Å². The lowest BCUT2D eigenvalue weighted by Crippen LogP contribution is -2.46. The molecule has 0 spiro atoms. The third kappa shape index (κ3) is 5.37. The third-order valence-corrected chi connectivity index (χ3v) is 5.10. The molecule has 0 aromatic heterocycles. The van der Waals surface area contributed by atoms with Crippen LogP contribution in [0.5, 0.6) is 0 Å². The number of hydrogen-bond acceptors (Lipinski definition) is 2. The summed E-state index contributed by atoms with van der Waals surface area (Å²) in [6.45, 7) is 0.141. The van der Waals surface area contributed by atoms with Gasteiger partial charge in [-0.05, 0) is 29.3 Å². The second kappa shape index (κ2) is 9.59. The molecule has 0 aliphatic carbocycles. The summed E-state index contributed by atoms with van der Waals surface area (Å²) < 4.78 is 0. The predicted octanol–water partition coefficient (Wildman–Crippen LogP) is 5.33. The molecule has 3 rings (SSSR count). The number of hydrogen-bond donors (Lipinski definition) is 1. The standard InChI is InChI=1S/C23H19Cl2NO3/c24-18-11-12-19(20(25)14-18)22(27)26(15-17-9-5-2-6-10-17)21(23(28)29)13-16-7-3-1-4-8-16/h1-12,14,21H,13,15H2,(H,28,29)/t21-/m1/s1. The van der Waals surface area contributed by atoms with Crippen molar-refractivity contribution in [3.8, 4) is 0 Å². The van der Waals surface area contributed by atoms with E-state index in [-0.39, 0.29) is 23.6 Å². The van der Waals surface area contributed by atoms with E-state index < -0.39 is 17.9 Å². The molecular weight excluding hydrogens is 409 g/mol. The summed E-state index contributed by atoms with van der Waals surface area (Å²) >= 11 is 12.2. The van der Waals surface area contributed by atoms with E-state index in [4.69, 9.17) is 23.2 Å². The van der Waals surface area contributed by atoms with E-state index in [2.05, 4.69) is 0 Å². The van der Waals surface area contributed by atoms with Gasteiger partial charge in [-0.3, -0.25) is 4.79 Å². The van der Waals surface area contributed by atoms with Crippen molar-refractivity contribution in [1.82, 2.24) is 4.90 Å². The largest absolute Gasteiger partial charge is 0.480 e. The number of nitrogens with zero attached hydrogens (tertiary/aromatic N) is 1. The summed E-state index contributed by atoms with van der Waals surface area (Å²) in [5.41, 5.74) is 1.87. The van der Waals surface area contributed by atoms with Crippen molar-refractivity contribution < 1.29 is 14.7 Å². The third-order valence-electron chi connectivity index (χ3n) is 4.55. The van der Waals surface area contributed by atoms with Crippen molar-refractivity contribution in [2.45, 2.75) is 19.0 Å². The van der Waals surface area contributed by atoms with Crippen molar-refractivity contribution in [3.05, 3.63) is 106 Å². The van der Waals surface area contributed by atoms with Gasteiger partial charge < -0.3 is 10.0 Å². The number of benzene rings is 3. The number of carbonyl (C=O) groups is 2. The van der Waals surface area contributed by atoms with Gasteiger partial charge in [-0.2, -0.15) is 0 Å². The monoisotopic (exact) mass is 427 g/mol. The quantitative estimate of drug-likeness (QED) is 0.553. The lowest BCUT2D eigenvalue weighted by Gasteiger charge is -2.30. The van der Waals surface area contributed by atoms with Crippen LogP contribution in [0.25, 0.3) is 0 Å². The van der Waals surface area contributed by atoms with Crippen LogP contribution >= 0.6 is 23.2 Å². The summed E-state index contributed by atoms with van der Waals surface area (Å²) in [4.78, 5) is 26.9. The fourth-order valence-corrected chi connectivity index (χ4v) is 3.58. The van der Waals surface area contributed by atoms with E-state index in [1.54, 1.807) is 6.07 Å². The van der Waals surface area contributed by atoms with Crippen LogP contribution in [-0.2, 0) is 17.8 Å². The Labute approximate surface area is 179 Å². The first-order valence-electron chi connectivity index (χ1n) is 9.02. The van der Waals surface area contributed by atoms with Gasteiger partial charge in [0.05, 0.1) is 10.6 Å². The number of aliphatic carboxylic acids is 1. The fourth-order valence-electron chi connectivity index (χ4n) is 3.09. The van der Waals surface area contributed by atoms with Gasteiger partial charge in [0.1, 0.15) is 6.04 Å². The lowest BCUT2D eigenvalue weighted by molar-refractivity contribution is -0.142. The van der Waals surface area contributed by atoms with Crippen molar-refractivity contribution in [3.63, 3.8) is 0 Å². The number of rotatable bonds is 7. The molecule has 0 saturated carbocycles. The topological polar surface area (TPSA) is 57.6 Å². The van der Waals surface area contributed by atoms with Crippen molar-refractivity contribution >= 4 is 35.1 Å². The normalized spacial score (nSPS) is 11.7. The Morgan fingerprint density at radius 3 is 2.00 bits per heavy atom. The molecule has 148 valence electrons. The summed E-state index contributed by atoms with van der Waals surface area (Å²) in [6.07, 6.45) is 0.181. The molecule has 0 unspecified atom stereocenters. The average Bonchev–Trinajstić information content (AvgIpc) is 2.71. The van der Waals surface area contributed by atoms with Gasteiger partial charge in [0, 0.05) is 18.0 Å². The zero-order chi connectivity index (χ0) is 20.8. The maximum absolute atomic E-state index is 13.4. The molecular formula is C23H19Cl2NO3. The molecule has 0 fully saturated rings. The first kappa shape index (κ1) is 20.9. The number of halogens is 2. The first-order valence-corrected chi connectivity index (χ1v) is 9.78. The highest BCUT2D eigenvalue weighted by molar-refractivity contribution is 6.36. The highest BCUT2D eigenvalue weighted by Crippen LogP contribution is 2.25. The van der Waals surface area contributed by atoms with Crippen molar-refractivity contribution in [1.29, 1.82) is 0 Å². The van der Waals surface area contributed by atoms with Gasteiger partial charge in [-0.15, -0.1) is 0 Å². The summed E-state index contributed by atoms with van der Waals surface area (Å²) in [5.74, 6) is -1.54. The van der Waals surface area contributed by atoms with Gasteiger partial charge in [-0.1, -0.05) is 83.9 Å². The Kier molecular flexibility index (Phi) is 6.91. The lowest BCUT2D eigenvalue weighted by atomic mass is 10.0. The van der Waals surface area contributed by atoms with Crippen LogP contribution in [0.4, 0.5) is 0 Å². The van der Waals surface area contributed by atoms with Crippen LogP contribution in [0.1, 0.15) is 21.5 Å². The molecule has 0 bridgehead atoms. The minimum absolute atomic E-state index is 0.141. The number of carbonyl (C=O) groups excluding carboxylic acids is 1. The molecule has 29 heavy (non-hydrogen) atoms. The van der Waals surface area contributed by atoms with Gasteiger partial charge in [0.25, 0.3) is 5.91 Å². The van der Waals surface area contributed by atoms with Gasteiger partial charge >= 0.3 is 5.97 Å². The molecule has 1 atom stereocenters. The number of amides is 1. The maximum atomic E-state index is 13.4. The fraction of sp³-hybridized carbons (Fsp3) is 0.130. The van der Waals surface area contributed by atoms with E-state index in [0.717, 1.165) is 11.1 Å². The Hall–Kier alpha value is -2.82. The molecule has 3 aromatic rings. The number of carboxylic acid groups (broad SMARTS) is 1. The molecule has 6 heteroatoms. The molecule has 0 heterocycles. The zero-order valence-corrected chi connectivity index (χ0v) is 17.0. The zero-order valence-electron chi connectivity index (χ0n) is 15.5. The Morgan fingerprint density at radius 1 is 0.862 bits per heavy atom. The molecule has 0 aliphatic heterocycles. The highest BCUT2D eigenvalue weighted by atomic mass is 35.5. The number of carboxylic acids is 1. The van der Waals surface area contributed by atoms with E-state index in [9.17, 15) is 14.7 Å². The SMILES string of the molecule is O=C(O)[C@@H](Cc1ccccc1)N(Cc1ccccc1)C(=O)c1ccc(Cl)cc1Cl. The van der Waals surface area contributed by atoms with Crippen LogP contribution < -0.4 is 0 Å². The predicted molar refractivity (Wildman–Crippen MR) is 114 cm³/mol. The minimum Gasteiger partial charge on any atom is -0.480 e. The van der Waals surface area contributed by atoms with Crippen LogP contribution in [0.3, 0.4) is 0 Å². The summed E-state index contributed by atoms with van der Waals surface area (Å²) in [7, 11) is 0. The van der Waals surface area contributed by atoms with E-state index in [1.807, 2.05) is 60.7 Å². The summed E-state index contributed by atoms with van der Waals surface area (Å²) in [5, 5.41) is 10.5. The van der Waals surface area contributed by atoms with E-state index in [0.29, 0.717) is 5.02 Å².